The van der Waals surface area contributed by atoms with Crippen molar-refractivity contribution in [3.05, 3.63) is 35.6 Å². The van der Waals surface area contributed by atoms with Crippen LogP contribution in [0.15, 0.2) is 29.4 Å². The standard InChI is InChI=1S/C14H18FN3OS/c1-10(12-6-2-3-7-13(12)15)17-18-14(20)16-9-11-5-4-8-19-11/h2-3,6-7,11H,4-5,8-9H2,1H3,(H2,16,18,20)/b17-10-/t11-/m0/s1. The van der Waals surface area contributed by atoms with Crippen LogP contribution in [0.1, 0.15) is 25.3 Å². The molecule has 1 fully saturated rings. The van der Waals surface area contributed by atoms with E-state index in [9.17, 15) is 4.39 Å². The van der Waals surface area contributed by atoms with Crippen LogP contribution in [0.2, 0.25) is 0 Å². The predicted molar refractivity (Wildman–Crippen MR) is 81.3 cm³/mol. The van der Waals surface area contributed by atoms with Crippen LogP contribution in [-0.2, 0) is 4.74 Å². The van der Waals surface area contributed by atoms with E-state index in [1.165, 1.54) is 6.07 Å². The normalized spacial score (nSPS) is 18.9. The summed E-state index contributed by atoms with van der Waals surface area (Å²) in [7, 11) is 0. The lowest BCUT2D eigenvalue weighted by Gasteiger charge is -2.12. The number of halogens is 1. The van der Waals surface area contributed by atoms with Gasteiger partial charge in [0.25, 0.3) is 0 Å². The predicted octanol–water partition coefficient (Wildman–Crippen LogP) is 2.19. The molecule has 0 saturated carbocycles. The number of rotatable bonds is 4. The molecule has 1 aromatic carbocycles. The average molecular weight is 295 g/mol. The van der Waals surface area contributed by atoms with Gasteiger partial charge in [0.05, 0.1) is 11.8 Å². The highest BCUT2D eigenvalue weighted by molar-refractivity contribution is 7.80. The van der Waals surface area contributed by atoms with Gasteiger partial charge in [-0.15, -0.1) is 0 Å². The number of nitrogens with zero attached hydrogens (tertiary/aromatic N) is 1. The third-order valence-corrected chi connectivity index (χ3v) is 3.34. The van der Waals surface area contributed by atoms with Crippen LogP contribution in [0.3, 0.4) is 0 Å². The highest BCUT2D eigenvalue weighted by Crippen LogP contribution is 2.10. The molecule has 0 radical (unpaired) electrons. The zero-order valence-corrected chi connectivity index (χ0v) is 12.2. The summed E-state index contributed by atoms with van der Waals surface area (Å²) >= 11 is 5.11. The minimum atomic E-state index is -0.297. The van der Waals surface area contributed by atoms with Crippen LogP contribution in [0.4, 0.5) is 4.39 Å². The van der Waals surface area contributed by atoms with Gasteiger partial charge in [0.15, 0.2) is 5.11 Å². The summed E-state index contributed by atoms with van der Waals surface area (Å²) in [6.45, 7) is 3.21. The Labute approximate surface area is 123 Å². The van der Waals surface area contributed by atoms with Crippen LogP contribution < -0.4 is 10.7 Å². The topological polar surface area (TPSA) is 45.7 Å². The first-order valence-corrected chi connectivity index (χ1v) is 7.02. The fourth-order valence-corrected chi connectivity index (χ4v) is 2.13. The van der Waals surface area contributed by atoms with Crippen molar-refractivity contribution in [2.24, 2.45) is 5.10 Å². The summed E-state index contributed by atoms with van der Waals surface area (Å²) in [6, 6.07) is 6.50. The Morgan fingerprint density at radius 2 is 2.30 bits per heavy atom. The minimum Gasteiger partial charge on any atom is -0.376 e. The van der Waals surface area contributed by atoms with E-state index in [1.54, 1.807) is 25.1 Å². The highest BCUT2D eigenvalue weighted by atomic mass is 32.1. The summed E-state index contributed by atoms with van der Waals surface area (Å²) in [5.41, 5.74) is 3.72. The van der Waals surface area contributed by atoms with Gasteiger partial charge in [-0.25, -0.2) is 4.39 Å². The second kappa shape index (κ2) is 7.31. The Kier molecular flexibility index (Phi) is 5.43. The molecule has 0 aromatic heterocycles. The molecule has 2 N–H and O–H groups in total. The lowest BCUT2D eigenvalue weighted by Crippen LogP contribution is -2.37. The Morgan fingerprint density at radius 1 is 1.50 bits per heavy atom. The first-order chi connectivity index (χ1) is 9.66. The van der Waals surface area contributed by atoms with Crippen molar-refractivity contribution in [3.8, 4) is 0 Å². The van der Waals surface area contributed by atoms with E-state index in [2.05, 4.69) is 15.8 Å². The molecule has 0 unspecified atom stereocenters. The molecule has 0 spiro atoms. The van der Waals surface area contributed by atoms with E-state index in [0.717, 1.165) is 19.4 Å². The van der Waals surface area contributed by atoms with Crippen molar-refractivity contribution in [3.63, 3.8) is 0 Å². The fourth-order valence-electron chi connectivity index (χ4n) is 2.00. The Bertz CT molecular complexity index is 501. The molecule has 1 aliphatic heterocycles. The van der Waals surface area contributed by atoms with Crippen LogP contribution in [0.5, 0.6) is 0 Å². The van der Waals surface area contributed by atoms with Crippen LogP contribution in [-0.4, -0.2) is 30.1 Å². The maximum Gasteiger partial charge on any atom is 0.187 e. The third kappa shape index (κ3) is 4.25. The Morgan fingerprint density at radius 3 is 3.00 bits per heavy atom. The van der Waals surface area contributed by atoms with Gasteiger partial charge < -0.3 is 10.1 Å². The number of nitrogens with one attached hydrogen (secondary N) is 2. The molecule has 1 saturated heterocycles. The number of ether oxygens (including phenoxy) is 1. The highest BCUT2D eigenvalue weighted by Gasteiger charge is 2.15. The molecule has 20 heavy (non-hydrogen) atoms. The quantitative estimate of drug-likeness (QED) is 0.508. The van der Waals surface area contributed by atoms with Crippen molar-refractivity contribution in [1.82, 2.24) is 10.7 Å². The molecule has 0 amide bonds. The third-order valence-electron chi connectivity index (χ3n) is 3.10. The van der Waals surface area contributed by atoms with E-state index in [4.69, 9.17) is 17.0 Å². The molecule has 6 heteroatoms. The summed E-state index contributed by atoms with van der Waals surface area (Å²) < 4.78 is 19.0. The van der Waals surface area contributed by atoms with Crippen molar-refractivity contribution < 1.29 is 9.13 Å². The summed E-state index contributed by atoms with van der Waals surface area (Å²) in [5.74, 6) is -0.297. The van der Waals surface area contributed by atoms with Gasteiger partial charge in [-0.2, -0.15) is 5.10 Å². The van der Waals surface area contributed by atoms with Gasteiger partial charge >= 0.3 is 0 Å². The van der Waals surface area contributed by atoms with Gasteiger partial charge in [-0.05, 0) is 38.0 Å². The first kappa shape index (κ1) is 14.9. The molecule has 0 aliphatic carbocycles. The summed E-state index contributed by atoms with van der Waals surface area (Å²) in [5, 5.41) is 7.54. The molecule has 1 heterocycles. The Balaban J connectivity index is 1.82. The van der Waals surface area contributed by atoms with E-state index in [0.29, 0.717) is 22.9 Å². The zero-order valence-electron chi connectivity index (χ0n) is 11.4. The van der Waals surface area contributed by atoms with E-state index in [-0.39, 0.29) is 11.9 Å². The number of hydrazone groups is 1. The van der Waals surface area contributed by atoms with Crippen molar-refractivity contribution in [2.45, 2.75) is 25.9 Å². The number of hydrogen-bond acceptors (Lipinski definition) is 3. The Hall–Kier alpha value is -1.53. The molecule has 1 aliphatic rings. The minimum absolute atomic E-state index is 0.214. The monoisotopic (exact) mass is 295 g/mol. The van der Waals surface area contributed by atoms with Crippen molar-refractivity contribution in [2.75, 3.05) is 13.2 Å². The second-order valence-corrected chi connectivity index (χ2v) is 5.04. The lowest BCUT2D eigenvalue weighted by atomic mass is 10.1. The largest absolute Gasteiger partial charge is 0.376 e. The molecule has 1 aromatic rings. The van der Waals surface area contributed by atoms with Crippen LogP contribution in [0, 0.1) is 5.82 Å². The fraction of sp³-hybridized carbons (Fsp3) is 0.429. The van der Waals surface area contributed by atoms with Gasteiger partial charge in [0, 0.05) is 18.7 Å². The molecular weight excluding hydrogens is 277 g/mol. The molecule has 2 rings (SSSR count). The van der Waals surface area contributed by atoms with Crippen molar-refractivity contribution in [1.29, 1.82) is 0 Å². The lowest BCUT2D eigenvalue weighted by molar-refractivity contribution is 0.114. The average Bonchev–Trinajstić information content (AvgIpc) is 2.96. The number of benzene rings is 1. The van der Waals surface area contributed by atoms with E-state index < -0.39 is 0 Å². The number of thiocarbonyl (C=S) groups is 1. The maximum absolute atomic E-state index is 13.5. The summed E-state index contributed by atoms with van der Waals surface area (Å²) in [6.07, 6.45) is 2.36. The zero-order chi connectivity index (χ0) is 14.4. The van der Waals surface area contributed by atoms with Gasteiger partial charge in [0.1, 0.15) is 5.82 Å². The van der Waals surface area contributed by atoms with Gasteiger partial charge in [-0.3, -0.25) is 5.43 Å². The SMILES string of the molecule is C/C(=N/NC(=S)NC[C@@H]1CCCO1)c1ccccc1F. The van der Waals surface area contributed by atoms with E-state index in [1.807, 2.05) is 0 Å². The van der Waals surface area contributed by atoms with Crippen LogP contribution in [0.25, 0.3) is 0 Å². The van der Waals surface area contributed by atoms with E-state index >= 15 is 0 Å². The molecule has 0 bridgehead atoms. The van der Waals surface area contributed by atoms with Crippen LogP contribution >= 0.6 is 12.2 Å². The number of hydrogen-bond donors (Lipinski definition) is 2. The summed E-state index contributed by atoms with van der Waals surface area (Å²) in [4.78, 5) is 0. The molecule has 108 valence electrons. The second-order valence-electron chi connectivity index (χ2n) is 4.63. The maximum atomic E-state index is 13.5. The first-order valence-electron chi connectivity index (χ1n) is 6.61. The van der Waals surface area contributed by atoms with Gasteiger partial charge in [-0.1, -0.05) is 18.2 Å². The molecular formula is C14H18FN3OS. The smallest absolute Gasteiger partial charge is 0.187 e. The molecule has 4 nitrogen and oxygen atoms in total. The van der Waals surface area contributed by atoms with Crippen molar-refractivity contribution >= 4 is 23.0 Å². The molecule has 1 atom stereocenters. The van der Waals surface area contributed by atoms with Gasteiger partial charge in [0.2, 0.25) is 0 Å².